The highest BCUT2D eigenvalue weighted by atomic mass is 79.9. The molecule has 0 aromatic heterocycles. The van der Waals surface area contributed by atoms with Crippen LogP contribution in [0.2, 0.25) is 5.02 Å². The van der Waals surface area contributed by atoms with Gasteiger partial charge in [0.25, 0.3) is 0 Å². The molecule has 0 atom stereocenters. The first-order valence-electron chi connectivity index (χ1n) is 4.92. The Balaban J connectivity index is 2.10. The van der Waals surface area contributed by atoms with Crippen molar-refractivity contribution in [3.8, 4) is 0 Å². The van der Waals surface area contributed by atoms with E-state index in [1.54, 1.807) is 6.07 Å². The molecule has 1 aromatic rings. The molecule has 1 saturated carbocycles. The second kappa shape index (κ2) is 4.04. The van der Waals surface area contributed by atoms with Crippen molar-refractivity contribution >= 4 is 27.5 Å². The zero-order valence-electron chi connectivity index (χ0n) is 8.19. The molecule has 15 heavy (non-hydrogen) atoms. The van der Waals surface area contributed by atoms with Crippen molar-refractivity contribution in [2.75, 3.05) is 0 Å². The summed E-state index contributed by atoms with van der Waals surface area (Å²) in [4.78, 5) is 0. The molecule has 4 heteroatoms. The van der Waals surface area contributed by atoms with Gasteiger partial charge in [0.15, 0.2) is 0 Å². The summed E-state index contributed by atoms with van der Waals surface area (Å²) in [6, 6.07) is 3.08. The first-order chi connectivity index (χ1) is 7.00. The predicted molar refractivity (Wildman–Crippen MR) is 63.6 cm³/mol. The summed E-state index contributed by atoms with van der Waals surface area (Å²) in [5, 5.41) is 0.486. The van der Waals surface area contributed by atoms with Crippen LogP contribution < -0.4 is 5.73 Å². The monoisotopic (exact) mass is 291 g/mol. The maximum absolute atomic E-state index is 13.1. The molecule has 0 spiro atoms. The highest BCUT2D eigenvalue weighted by Gasteiger charge is 2.37. The Hall–Kier alpha value is -0.120. The van der Waals surface area contributed by atoms with Gasteiger partial charge in [-0.15, -0.1) is 0 Å². The second-order valence-corrected chi connectivity index (χ2v) is 5.48. The number of benzene rings is 1. The van der Waals surface area contributed by atoms with Gasteiger partial charge in [-0.25, -0.2) is 4.39 Å². The van der Waals surface area contributed by atoms with E-state index in [9.17, 15) is 4.39 Å². The minimum absolute atomic E-state index is 0.0180. The maximum Gasteiger partial charge on any atom is 0.138 e. The van der Waals surface area contributed by atoms with Crippen LogP contribution in [0.5, 0.6) is 0 Å². The van der Waals surface area contributed by atoms with E-state index in [1.807, 2.05) is 0 Å². The molecule has 0 heterocycles. The highest BCUT2D eigenvalue weighted by Crippen LogP contribution is 2.37. The van der Waals surface area contributed by atoms with E-state index in [0.717, 1.165) is 31.2 Å². The van der Waals surface area contributed by atoms with Crippen LogP contribution in [0.25, 0.3) is 0 Å². The number of rotatable bonds is 3. The van der Waals surface area contributed by atoms with Crippen molar-refractivity contribution in [3.05, 3.63) is 33.0 Å². The second-order valence-electron chi connectivity index (χ2n) is 4.22. The minimum atomic E-state index is -0.322. The third-order valence-corrected chi connectivity index (χ3v) is 3.83. The number of aryl methyl sites for hydroxylation is 1. The van der Waals surface area contributed by atoms with E-state index in [0.29, 0.717) is 9.50 Å². The lowest BCUT2D eigenvalue weighted by atomic mass is 10.0. The normalized spacial score (nSPS) is 17.9. The van der Waals surface area contributed by atoms with Crippen molar-refractivity contribution in [1.29, 1.82) is 0 Å². The average molecular weight is 293 g/mol. The summed E-state index contributed by atoms with van der Waals surface area (Å²) in [5.74, 6) is -0.322. The number of halogens is 3. The van der Waals surface area contributed by atoms with Gasteiger partial charge in [0.05, 0.1) is 4.47 Å². The number of nitrogens with two attached hydrogens (primary N) is 1. The summed E-state index contributed by atoms with van der Waals surface area (Å²) in [6.45, 7) is 0. The van der Waals surface area contributed by atoms with Gasteiger partial charge in [-0.1, -0.05) is 11.6 Å². The largest absolute Gasteiger partial charge is 0.325 e. The molecule has 1 aliphatic carbocycles. The molecular formula is C11H12BrClFN. The average Bonchev–Trinajstić information content (AvgIpc) is 2.89. The molecular weight excluding hydrogens is 280 g/mol. The number of hydrogen-bond acceptors (Lipinski definition) is 1. The standard InChI is InChI=1S/C11H12BrClFN/c12-8-5-7(9(13)6-10(8)14)1-2-11(15)3-4-11/h5-6H,1-4,15H2. The van der Waals surface area contributed by atoms with E-state index in [-0.39, 0.29) is 11.4 Å². The van der Waals surface area contributed by atoms with Crippen LogP contribution in [0.15, 0.2) is 16.6 Å². The Morgan fingerprint density at radius 1 is 1.47 bits per heavy atom. The Kier molecular flexibility index (Phi) is 3.06. The zero-order chi connectivity index (χ0) is 11.1. The van der Waals surface area contributed by atoms with E-state index in [2.05, 4.69) is 15.9 Å². The minimum Gasteiger partial charge on any atom is -0.325 e. The third kappa shape index (κ3) is 2.71. The lowest BCUT2D eigenvalue weighted by molar-refractivity contribution is 0.603. The topological polar surface area (TPSA) is 26.0 Å². The van der Waals surface area contributed by atoms with Crippen LogP contribution in [0.4, 0.5) is 4.39 Å². The first-order valence-corrected chi connectivity index (χ1v) is 6.10. The van der Waals surface area contributed by atoms with Crippen LogP contribution in [-0.4, -0.2) is 5.54 Å². The smallest absolute Gasteiger partial charge is 0.138 e. The molecule has 0 amide bonds. The SMILES string of the molecule is NC1(CCc2cc(Br)c(F)cc2Cl)CC1. The van der Waals surface area contributed by atoms with Crippen molar-refractivity contribution in [2.24, 2.45) is 5.73 Å². The summed E-state index contributed by atoms with van der Waals surface area (Å²) in [6.07, 6.45) is 3.92. The van der Waals surface area contributed by atoms with Crippen LogP contribution in [-0.2, 0) is 6.42 Å². The first kappa shape index (κ1) is 11.4. The van der Waals surface area contributed by atoms with Crippen LogP contribution >= 0.6 is 27.5 Å². The van der Waals surface area contributed by atoms with E-state index >= 15 is 0 Å². The van der Waals surface area contributed by atoms with E-state index in [4.69, 9.17) is 17.3 Å². The molecule has 1 aliphatic rings. The van der Waals surface area contributed by atoms with E-state index < -0.39 is 0 Å². The van der Waals surface area contributed by atoms with Gasteiger partial charge >= 0.3 is 0 Å². The molecule has 0 aliphatic heterocycles. The van der Waals surface area contributed by atoms with Gasteiger partial charge in [-0.3, -0.25) is 0 Å². The lowest BCUT2D eigenvalue weighted by Crippen LogP contribution is -2.22. The molecule has 0 saturated heterocycles. The fraction of sp³-hybridized carbons (Fsp3) is 0.455. The van der Waals surface area contributed by atoms with Gasteiger partial charge in [-0.05, 0) is 59.3 Å². The molecule has 1 fully saturated rings. The fourth-order valence-electron chi connectivity index (χ4n) is 1.55. The number of hydrogen-bond donors (Lipinski definition) is 1. The summed E-state index contributed by atoms with van der Waals surface area (Å²) < 4.78 is 13.6. The summed E-state index contributed by atoms with van der Waals surface area (Å²) in [7, 11) is 0. The van der Waals surface area contributed by atoms with Crippen molar-refractivity contribution in [2.45, 2.75) is 31.2 Å². The van der Waals surface area contributed by atoms with Crippen molar-refractivity contribution in [3.63, 3.8) is 0 Å². The molecule has 82 valence electrons. The van der Waals surface area contributed by atoms with Gasteiger partial charge < -0.3 is 5.73 Å². The Morgan fingerprint density at radius 2 is 2.13 bits per heavy atom. The van der Waals surface area contributed by atoms with Crippen molar-refractivity contribution < 1.29 is 4.39 Å². The fourth-order valence-corrected chi connectivity index (χ4v) is 2.19. The van der Waals surface area contributed by atoms with Crippen LogP contribution in [0, 0.1) is 5.82 Å². The quantitative estimate of drug-likeness (QED) is 0.845. The van der Waals surface area contributed by atoms with Gasteiger partial charge in [-0.2, -0.15) is 0 Å². The maximum atomic E-state index is 13.1. The summed E-state index contributed by atoms with van der Waals surface area (Å²) >= 11 is 9.10. The van der Waals surface area contributed by atoms with Crippen molar-refractivity contribution in [1.82, 2.24) is 0 Å². The summed E-state index contributed by atoms with van der Waals surface area (Å²) in [5.41, 5.74) is 6.96. The van der Waals surface area contributed by atoms with Crippen LogP contribution in [0.1, 0.15) is 24.8 Å². The lowest BCUT2D eigenvalue weighted by Gasteiger charge is -2.10. The highest BCUT2D eigenvalue weighted by molar-refractivity contribution is 9.10. The molecule has 2 rings (SSSR count). The molecule has 2 N–H and O–H groups in total. The zero-order valence-corrected chi connectivity index (χ0v) is 10.5. The Bertz CT molecular complexity index is 390. The van der Waals surface area contributed by atoms with Crippen LogP contribution in [0.3, 0.4) is 0 Å². The predicted octanol–water partition coefficient (Wildman–Crippen LogP) is 3.67. The molecule has 0 bridgehead atoms. The Labute approximate surface area is 102 Å². The Morgan fingerprint density at radius 3 is 2.73 bits per heavy atom. The molecule has 1 nitrogen and oxygen atoms in total. The van der Waals surface area contributed by atoms with Gasteiger partial charge in [0.1, 0.15) is 5.82 Å². The third-order valence-electron chi connectivity index (χ3n) is 2.87. The molecule has 0 radical (unpaired) electrons. The molecule has 1 aromatic carbocycles. The van der Waals surface area contributed by atoms with Gasteiger partial charge in [0, 0.05) is 10.6 Å². The van der Waals surface area contributed by atoms with E-state index in [1.165, 1.54) is 6.07 Å². The van der Waals surface area contributed by atoms with Gasteiger partial charge in [0.2, 0.25) is 0 Å². The molecule has 0 unspecified atom stereocenters.